The minimum absolute atomic E-state index is 0.158. The van der Waals surface area contributed by atoms with E-state index in [2.05, 4.69) is 10.3 Å². The van der Waals surface area contributed by atoms with Crippen LogP contribution in [-0.2, 0) is 0 Å². The van der Waals surface area contributed by atoms with Crippen LogP contribution in [0.3, 0.4) is 0 Å². The van der Waals surface area contributed by atoms with Gasteiger partial charge >= 0.3 is 6.01 Å². The standard InChI is InChI=1S/C14H9ClN2O2/c15-10-6-7-12-11(8-10)16-14(19-12)17-13(18)9-4-2-1-3-5-9/h1-8H,(H,16,17,18). The van der Waals surface area contributed by atoms with Crippen molar-refractivity contribution in [1.82, 2.24) is 4.98 Å². The fraction of sp³-hybridized carbons (Fsp3) is 0. The lowest BCUT2D eigenvalue weighted by molar-refractivity contribution is 0.102. The Kier molecular flexibility index (Phi) is 2.93. The minimum Gasteiger partial charge on any atom is -0.423 e. The highest BCUT2D eigenvalue weighted by Crippen LogP contribution is 2.22. The van der Waals surface area contributed by atoms with E-state index in [0.29, 0.717) is 21.7 Å². The molecule has 1 amide bonds. The van der Waals surface area contributed by atoms with Gasteiger partial charge < -0.3 is 4.42 Å². The molecule has 0 aliphatic heterocycles. The number of hydrogen-bond donors (Lipinski definition) is 1. The van der Waals surface area contributed by atoms with E-state index in [-0.39, 0.29) is 11.9 Å². The number of fused-ring (bicyclic) bond motifs is 1. The molecule has 0 atom stereocenters. The molecular formula is C14H9ClN2O2. The molecule has 0 saturated heterocycles. The number of amides is 1. The zero-order valence-electron chi connectivity index (χ0n) is 9.76. The van der Waals surface area contributed by atoms with Crippen molar-refractivity contribution in [3.05, 3.63) is 59.1 Å². The Morgan fingerprint density at radius 3 is 2.74 bits per heavy atom. The molecule has 0 aliphatic carbocycles. The van der Waals surface area contributed by atoms with Crippen LogP contribution in [0, 0.1) is 0 Å². The first-order valence-electron chi connectivity index (χ1n) is 5.65. The minimum atomic E-state index is -0.266. The van der Waals surface area contributed by atoms with E-state index in [4.69, 9.17) is 16.0 Å². The quantitative estimate of drug-likeness (QED) is 0.773. The second-order valence-electron chi connectivity index (χ2n) is 3.95. The van der Waals surface area contributed by atoms with Gasteiger partial charge in [-0.25, -0.2) is 0 Å². The van der Waals surface area contributed by atoms with Crippen LogP contribution in [0.4, 0.5) is 6.01 Å². The van der Waals surface area contributed by atoms with Crippen molar-refractivity contribution in [2.24, 2.45) is 0 Å². The summed E-state index contributed by atoms with van der Waals surface area (Å²) in [6.07, 6.45) is 0. The summed E-state index contributed by atoms with van der Waals surface area (Å²) < 4.78 is 5.41. The molecule has 2 aromatic carbocycles. The lowest BCUT2D eigenvalue weighted by Gasteiger charge is -1.99. The highest BCUT2D eigenvalue weighted by Gasteiger charge is 2.10. The molecule has 94 valence electrons. The third-order valence-electron chi connectivity index (χ3n) is 2.61. The van der Waals surface area contributed by atoms with Crippen molar-refractivity contribution < 1.29 is 9.21 Å². The zero-order chi connectivity index (χ0) is 13.2. The smallest absolute Gasteiger partial charge is 0.302 e. The lowest BCUT2D eigenvalue weighted by Crippen LogP contribution is -2.11. The summed E-state index contributed by atoms with van der Waals surface area (Å²) in [5.41, 5.74) is 1.73. The SMILES string of the molecule is O=C(Nc1nc2cc(Cl)ccc2o1)c1ccccc1. The Balaban J connectivity index is 1.87. The number of hydrogen-bond acceptors (Lipinski definition) is 3. The molecule has 0 radical (unpaired) electrons. The predicted octanol–water partition coefficient (Wildman–Crippen LogP) is 3.73. The summed E-state index contributed by atoms with van der Waals surface area (Å²) in [6.45, 7) is 0. The summed E-state index contributed by atoms with van der Waals surface area (Å²) in [7, 11) is 0. The number of nitrogens with one attached hydrogen (secondary N) is 1. The topological polar surface area (TPSA) is 55.1 Å². The molecule has 0 saturated carbocycles. The van der Waals surface area contributed by atoms with Crippen molar-refractivity contribution in [1.29, 1.82) is 0 Å². The molecule has 0 bridgehead atoms. The second-order valence-corrected chi connectivity index (χ2v) is 4.39. The summed E-state index contributed by atoms with van der Waals surface area (Å²) in [5, 5.41) is 3.18. The number of oxazole rings is 1. The Labute approximate surface area is 114 Å². The van der Waals surface area contributed by atoms with E-state index >= 15 is 0 Å². The Bertz CT molecular complexity index is 738. The van der Waals surface area contributed by atoms with Crippen molar-refractivity contribution in [2.75, 3.05) is 5.32 Å². The molecular weight excluding hydrogens is 264 g/mol. The normalized spacial score (nSPS) is 10.6. The maximum atomic E-state index is 11.9. The lowest BCUT2D eigenvalue weighted by atomic mass is 10.2. The summed E-state index contributed by atoms with van der Waals surface area (Å²) in [6, 6.07) is 14.1. The van der Waals surface area contributed by atoms with Crippen LogP contribution in [-0.4, -0.2) is 10.9 Å². The average molecular weight is 273 g/mol. The average Bonchev–Trinajstić information content (AvgIpc) is 2.81. The van der Waals surface area contributed by atoms with E-state index in [1.165, 1.54) is 0 Å². The van der Waals surface area contributed by atoms with E-state index in [1.807, 2.05) is 6.07 Å². The molecule has 3 rings (SSSR count). The summed E-state index contributed by atoms with van der Waals surface area (Å²) >= 11 is 5.86. The zero-order valence-corrected chi connectivity index (χ0v) is 10.5. The van der Waals surface area contributed by atoms with Crippen LogP contribution >= 0.6 is 11.6 Å². The Hall–Kier alpha value is -2.33. The van der Waals surface area contributed by atoms with Gasteiger partial charge in [0.25, 0.3) is 5.91 Å². The number of halogens is 1. The first kappa shape index (κ1) is 11.7. The van der Waals surface area contributed by atoms with E-state index in [0.717, 1.165) is 0 Å². The fourth-order valence-electron chi connectivity index (χ4n) is 1.71. The number of carbonyl (C=O) groups excluding carboxylic acids is 1. The van der Waals surface area contributed by atoms with Crippen molar-refractivity contribution in [3.63, 3.8) is 0 Å². The molecule has 1 aromatic heterocycles. The number of benzene rings is 2. The summed E-state index contributed by atoms with van der Waals surface area (Å²) in [5.74, 6) is -0.266. The van der Waals surface area contributed by atoms with Gasteiger partial charge in [-0.1, -0.05) is 29.8 Å². The fourth-order valence-corrected chi connectivity index (χ4v) is 1.88. The second kappa shape index (κ2) is 4.74. The van der Waals surface area contributed by atoms with Crippen LogP contribution in [0.25, 0.3) is 11.1 Å². The van der Waals surface area contributed by atoms with Crippen molar-refractivity contribution >= 4 is 34.6 Å². The number of anilines is 1. The van der Waals surface area contributed by atoms with Gasteiger partial charge in [0.1, 0.15) is 5.52 Å². The van der Waals surface area contributed by atoms with Crippen LogP contribution in [0.5, 0.6) is 0 Å². The third kappa shape index (κ3) is 2.44. The van der Waals surface area contributed by atoms with Gasteiger partial charge in [0.05, 0.1) is 0 Å². The largest absolute Gasteiger partial charge is 0.423 e. The first-order valence-corrected chi connectivity index (χ1v) is 6.03. The Morgan fingerprint density at radius 2 is 1.95 bits per heavy atom. The molecule has 3 aromatic rings. The van der Waals surface area contributed by atoms with Gasteiger partial charge in [0, 0.05) is 10.6 Å². The highest BCUT2D eigenvalue weighted by atomic mass is 35.5. The molecule has 19 heavy (non-hydrogen) atoms. The van der Waals surface area contributed by atoms with Gasteiger partial charge in [0.2, 0.25) is 0 Å². The van der Waals surface area contributed by atoms with Crippen LogP contribution in [0.15, 0.2) is 52.9 Å². The van der Waals surface area contributed by atoms with Crippen molar-refractivity contribution in [2.45, 2.75) is 0 Å². The monoisotopic (exact) mass is 272 g/mol. The van der Waals surface area contributed by atoms with E-state index in [9.17, 15) is 4.79 Å². The molecule has 0 spiro atoms. The third-order valence-corrected chi connectivity index (χ3v) is 2.84. The molecule has 0 fully saturated rings. The first-order chi connectivity index (χ1) is 9.22. The molecule has 1 N–H and O–H groups in total. The molecule has 5 heteroatoms. The van der Waals surface area contributed by atoms with E-state index in [1.54, 1.807) is 42.5 Å². The van der Waals surface area contributed by atoms with Crippen LogP contribution < -0.4 is 5.32 Å². The summed E-state index contributed by atoms with van der Waals surface area (Å²) in [4.78, 5) is 16.1. The molecule has 4 nitrogen and oxygen atoms in total. The molecule has 0 aliphatic rings. The van der Waals surface area contributed by atoms with Crippen LogP contribution in [0.1, 0.15) is 10.4 Å². The van der Waals surface area contributed by atoms with Crippen molar-refractivity contribution in [3.8, 4) is 0 Å². The van der Waals surface area contributed by atoms with Gasteiger partial charge in [-0.05, 0) is 30.3 Å². The van der Waals surface area contributed by atoms with Gasteiger partial charge in [-0.15, -0.1) is 0 Å². The van der Waals surface area contributed by atoms with E-state index < -0.39 is 0 Å². The Morgan fingerprint density at radius 1 is 1.16 bits per heavy atom. The van der Waals surface area contributed by atoms with Gasteiger partial charge in [0.15, 0.2) is 5.58 Å². The number of aromatic nitrogens is 1. The van der Waals surface area contributed by atoms with Crippen LogP contribution in [0.2, 0.25) is 5.02 Å². The predicted molar refractivity (Wildman–Crippen MR) is 73.4 cm³/mol. The number of rotatable bonds is 2. The number of nitrogens with zero attached hydrogens (tertiary/aromatic N) is 1. The van der Waals surface area contributed by atoms with Gasteiger partial charge in [-0.2, -0.15) is 4.98 Å². The number of carbonyl (C=O) groups is 1. The molecule has 1 heterocycles. The maximum Gasteiger partial charge on any atom is 0.302 e. The molecule has 0 unspecified atom stereocenters. The highest BCUT2D eigenvalue weighted by molar-refractivity contribution is 6.31. The maximum absolute atomic E-state index is 11.9. The van der Waals surface area contributed by atoms with Gasteiger partial charge in [-0.3, -0.25) is 10.1 Å².